The SMILES string of the molecule is CSc1cc2c(cc1CNC1CCCN(C)C1)OCCO2. The molecule has 2 aliphatic heterocycles. The number of piperidine rings is 1. The maximum absolute atomic E-state index is 5.70. The first-order valence-corrected chi connectivity index (χ1v) is 8.87. The van der Waals surface area contributed by atoms with E-state index in [0.29, 0.717) is 19.3 Å². The zero-order chi connectivity index (χ0) is 14.7. The molecule has 0 spiro atoms. The highest BCUT2D eigenvalue weighted by Crippen LogP contribution is 2.36. The van der Waals surface area contributed by atoms with Gasteiger partial charge in [-0.3, -0.25) is 0 Å². The Morgan fingerprint density at radius 1 is 1.29 bits per heavy atom. The molecule has 1 N–H and O–H groups in total. The summed E-state index contributed by atoms with van der Waals surface area (Å²) in [4.78, 5) is 3.68. The minimum absolute atomic E-state index is 0.589. The van der Waals surface area contributed by atoms with Crippen molar-refractivity contribution in [3.8, 4) is 11.5 Å². The maximum atomic E-state index is 5.70. The Balaban J connectivity index is 1.69. The molecule has 2 aliphatic rings. The summed E-state index contributed by atoms with van der Waals surface area (Å²) in [5.41, 5.74) is 1.31. The molecule has 5 heteroatoms. The predicted octanol–water partition coefficient (Wildman–Crippen LogP) is 2.36. The second kappa shape index (κ2) is 6.90. The molecule has 0 amide bonds. The summed E-state index contributed by atoms with van der Waals surface area (Å²) in [6.07, 6.45) is 4.66. The van der Waals surface area contributed by atoms with Crippen LogP contribution in [0.2, 0.25) is 0 Å². The molecular weight excluding hydrogens is 284 g/mol. The maximum Gasteiger partial charge on any atom is 0.162 e. The summed E-state index contributed by atoms with van der Waals surface area (Å²) in [6.45, 7) is 4.54. The van der Waals surface area contributed by atoms with Crippen LogP contribution < -0.4 is 14.8 Å². The van der Waals surface area contributed by atoms with Crippen molar-refractivity contribution in [1.29, 1.82) is 0 Å². The second-order valence-corrected chi connectivity index (χ2v) is 6.64. The minimum atomic E-state index is 0.589. The van der Waals surface area contributed by atoms with Crippen LogP contribution in [0.3, 0.4) is 0 Å². The highest BCUT2D eigenvalue weighted by Gasteiger charge is 2.19. The highest BCUT2D eigenvalue weighted by atomic mass is 32.2. The van der Waals surface area contributed by atoms with Gasteiger partial charge >= 0.3 is 0 Å². The van der Waals surface area contributed by atoms with E-state index in [2.05, 4.69) is 35.7 Å². The summed E-state index contributed by atoms with van der Waals surface area (Å²) in [6, 6.07) is 4.84. The molecule has 21 heavy (non-hydrogen) atoms. The molecule has 0 bridgehead atoms. The molecule has 0 aromatic heterocycles. The molecule has 116 valence electrons. The van der Waals surface area contributed by atoms with Crippen LogP contribution in [-0.2, 0) is 6.54 Å². The number of rotatable bonds is 4. The molecule has 0 aliphatic carbocycles. The number of nitrogens with one attached hydrogen (secondary N) is 1. The van der Waals surface area contributed by atoms with Gasteiger partial charge < -0.3 is 19.7 Å². The van der Waals surface area contributed by atoms with Crippen molar-refractivity contribution in [2.45, 2.75) is 30.3 Å². The summed E-state index contributed by atoms with van der Waals surface area (Å²) in [5, 5.41) is 3.70. The van der Waals surface area contributed by atoms with Crippen molar-refractivity contribution in [1.82, 2.24) is 10.2 Å². The summed E-state index contributed by atoms with van der Waals surface area (Å²) < 4.78 is 11.4. The van der Waals surface area contributed by atoms with Crippen LogP contribution in [0.25, 0.3) is 0 Å². The van der Waals surface area contributed by atoms with E-state index >= 15 is 0 Å². The number of likely N-dealkylation sites (tertiary alicyclic amines) is 1. The average Bonchev–Trinajstić information content (AvgIpc) is 2.52. The van der Waals surface area contributed by atoms with Crippen LogP contribution in [0.1, 0.15) is 18.4 Å². The second-order valence-electron chi connectivity index (χ2n) is 5.79. The van der Waals surface area contributed by atoms with E-state index in [1.54, 1.807) is 11.8 Å². The third kappa shape index (κ3) is 3.65. The monoisotopic (exact) mass is 308 g/mol. The van der Waals surface area contributed by atoms with Gasteiger partial charge in [0.05, 0.1) is 0 Å². The molecule has 2 heterocycles. The minimum Gasteiger partial charge on any atom is -0.486 e. The fourth-order valence-corrected chi connectivity index (χ4v) is 3.65. The average molecular weight is 308 g/mol. The summed E-state index contributed by atoms with van der Waals surface area (Å²) in [7, 11) is 2.20. The Bertz CT molecular complexity index is 495. The Morgan fingerprint density at radius 2 is 2.05 bits per heavy atom. The van der Waals surface area contributed by atoms with Gasteiger partial charge in [-0.1, -0.05) is 0 Å². The molecule has 4 nitrogen and oxygen atoms in total. The number of ether oxygens (including phenoxy) is 2. The summed E-state index contributed by atoms with van der Waals surface area (Å²) >= 11 is 1.77. The number of nitrogens with zero attached hydrogens (tertiary/aromatic N) is 1. The first-order chi connectivity index (χ1) is 10.3. The Hall–Kier alpha value is -0.910. The van der Waals surface area contributed by atoms with Crippen LogP contribution in [0.5, 0.6) is 11.5 Å². The van der Waals surface area contributed by atoms with Gasteiger partial charge in [0.1, 0.15) is 13.2 Å². The Labute approximate surface area is 131 Å². The van der Waals surface area contributed by atoms with Crippen molar-refractivity contribution >= 4 is 11.8 Å². The van der Waals surface area contributed by atoms with Gasteiger partial charge in [-0.15, -0.1) is 11.8 Å². The molecule has 1 unspecified atom stereocenters. The van der Waals surface area contributed by atoms with Crippen LogP contribution >= 0.6 is 11.8 Å². The fourth-order valence-electron chi connectivity index (χ4n) is 3.03. The number of likely N-dealkylation sites (N-methyl/N-ethyl adjacent to an activating group) is 1. The van der Waals surface area contributed by atoms with E-state index < -0.39 is 0 Å². The van der Waals surface area contributed by atoms with E-state index in [1.807, 2.05) is 0 Å². The van der Waals surface area contributed by atoms with Crippen LogP contribution in [0, 0.1) is 0 Å². The van der Waals surface area contributed by atoms with E-state index in [4.69, 9.17) is 9.47 Å². The predicted molar refractivity (Wildman–Crippen MR) is 86.6 cm³/mol. The van der Waals surface area contributed by atoms with Crippen LogP contribution in [-0.4, -0.2) is 50.5 Å². The third-order valence-corrected chi connectivity index (χ3v) is 4.97. The van der Waals surface area contributed by atoms with Gasteiger partial charge in [-0.25, -0.2) is 0 Å². The van der Waals surface area contributed by atoms with Crippen molar-refractivity contribution in [2.75, 3.05) is 39.6 Å². The van der Waals surface area contributed by atoms with Gasteiger partial charge in [-0.2, -0.15) is 0 Å². The standard InChI is InChI=1S/C16H24N2O2S/c1-18-5-3-4-13(11-18)17-10-12-8-14-15(9-16(12)21-2)20-7-6-19-14/h8-9,13,17H,3-7,10-11H2,1-2H3. The van der Waals surface area contributed by atoms with Crippen LogP contribution in [0.4, 0.5) is 0 Å². The Morgan fingerprint density at radius 3 is 2.76 bits per heavy atom. The first-order valence-electron chi connectivity index (χ1n) is 7.64. The van der Waals surface area contributed by atoms with Gasteiger partial charge in [0.15, 0.2) is 11.5 Å². The molecule has 1 aromatic carbocycles. The normalized spacial score (nSPS) is 22.3. The lowest BCUT2D eigenvalue weighted by Crippen LogP contribution is -2.43. The summed E-state index contributed by atoms with van der Waals surface area (Å²) in [5.74, 6) is 1.77. The zero-order valence-electron chi connectivity index (χ0n) is 12.9. The van der Waals surface area contributed by atoms with E-state index in [0.717, 1.165) is 24.6 Å². The number of hydrogen-bond acceptors (Lipinski definition) is 5. The largest absolute Gasteiger partial charge is 0.486 e. The smallest absolute Gasteiger partial charge is 0.162 e. The lowest BCUT2D eigenvalue weighted by atomic mass is 10.1. The van der Waals surface area contributed by atoms with Crippen molar-refractivity contribution in [3.05, 3.63) is 17.7 Å². The van der Waals surface area contributed by atoms with E-state index in [1.165, 1.54) is 29.8 Å². The fraction of sp³-hybridized carbons (Fsp3) is 0.625. The zero-order valence-corrected chi connectivity index (χ0v) is 13.7. The topological polar surface area (TPSA) is 33.7 Å². The van der Waals surface area contributed by atoms with E-state index in [9.17, 15) is 0 Å². The molecule has 1 aromatic rings. The third-order valence-electron chi connectivity index (χ3n) is 4.15. The van der Waals surface area contributed by atoms with Gasteiger partial charge in [0.25, 0.3) is 0 Å². The van der Waals surface area contributed by atoms with Crippen molar-refractivity contribution < 1.29 is 9.47 Å². The molecule has 1 atom stereocenters. The molecule has 0 saturated carbocycles. The number of thioether (sulfide) groups is 1. The molecule has 3 rings (SSSR count). The number of fused-ring (bicyclic) bond motifs is 1. The van der Waals surface area contributed by atoms with Crippen molar-refractivity contribution in [3.63, 3.8) is 0 Å². The Kier molecular flexibility index (Phi) is 4.93. The number of benzene rings is 1. The first kappa shape index (κ1) is 15.0. The van der Waals surface area contributed by atoms with Gasteiger partial charge in [0, 0.05) is 24.0 Å². The van der Waals surface area contributed by atoms with E-state index in [-0.39, 0.29) is 0 Å². The highest BCUT2D eigenvalue weighted by molar-refractivity contribution is 7.98. The van der Waals surface area contributed by atoms with Gasteiger partial charge in [-0.05, 0) is 50.4 Å². The lowest BCUT2D eigenvalue weighted by molar-refractivity contribution is 0.170. The molecule has 1 saturated heterocycles. The lowest BCUT2D eigenvalue weighted by Gasteiger charge is -2.30. The molecule has 1 fully saturated rings. The van der Waals surface area contributed by atoms with Crippen molar-refractivity contribution in [2.24, 2.45) is 0 Å². The molecule has 0 radical (unpaired) electrons. The van der Waals surface area contributed by atoms with Gasteiger partial charge in [0.2, 0.25) is 0 Å². The quantitative estimate of drug-likeness (QED) is 0.864. The van der Waals surface area contributed by atoms with Crippen LogP contribution in [0.15, 0.2) is 17.0 Å². The number of hydrogen-bond donors (Lipinski definition) is 1. The molecular formula is C16H24N2O2S.